The van der Waals surface area contributed by atoms with Crippen molar-refractivity contribution in [2.24, 2.45) is 0 Å². The van der Waals surface area contributed by atoms with Crippen molar-refractivity contribution < 1.29 is 4.79 Å². The van der Waals surface area contributed by atoms with Crippen molar-refractivity contribution in [1.82, 2.24) is 14.7 Å². The molecular weight excluding hydrogens is 278 g/mol. The van der Waals surface area contributed by atoms with E-state index in [0.717, 1.165) is 5.56 Å². The molecule has 2 heterocycles. The molecule has 1 unspecified atom stereocenters. The lowest BCUT2D eigenvalue weighted by Gasteiger charge is -2.14. The van der Waals surface area contributed by atoms with Crippen molar-refractivity contribution in [1.29, 1.82) is 0 Å². The van der Waals surface area contributed by atoms with Gasteiger partial charge in [-0.3, -0.25) is 14.0 Å². The minimum atomic E-state index is -0.424. The second-order valence-electron chi connectivity index (χ2n) is 5.01. The lowest BCUT2D eigenvalue weighted by Crippen LogP contribution is -2.33. The largest absolute Gasteiger partial charge is 0.345 e. The van der Waals surface area contributed by atoms with Crippen molar-refractivity contribution in [3.05, 3.63) is 82.4 Å². The molecule has 3 rings (SSSR count). The average molecular weight is 293 g/mol. The molecule has 5 heteroatoms. The van der Waals surface area contributed by atoms with Gasteiger partial charge in [0, 0.05) is 12.4 Å². The highest BCUT2D eigenvalue weighted by Crippen LogP contribution is 2.11. The van der Waals surface area contributed by atoms with Crippen LogP contribution in [0.15, 0.2) is 65.7 Å². The van der Waals surface area contributed by atoms with E-state index >= 15 is 0 Å². The summed E-state index contributed by atoms with van der Waals surface area (Å²) in [4.78, 5) is 28.8. The van der Waals surface area contributed by atoms with Crippen LogP contribution in [-0.4, -0.2) is 15.3 Å². The predicted octanol–water partition coefficient (Wildman–Crippen LogP) is 2.19. The number of amides is 1. The Morgan fingerprint density at radius 3 is 2.64 bits per heavy atom. The zero-order chi connectivity index (χ0) is 15.5. The second-order valence-corrected chi connectivity index (χ2v) is 5.01. The molecule has 0 saturated heterocycles. The molecule has 2 aromatic heterocycles. The molecule has 0 aliphatic heterocycles. The summed E-state index contributed by atoms with van der Waals surface area (Å²) in [5.74, 6) is -0.424. The van der Waals surface area contributed by atoms with Crippen LogP contribution in [0.1, 0.15) is 28.9 Å². The number of nitrogens with zero attached hydrogens (tertiary/aromatic N) is 2. The summed E-state index contributed by atoms with van der Waals surface area (Å²) in [6.45, 7) is 1.87. The Morgan fingerprint density at radius 2 is 1.86 bits per heavy atom. The topological polar surface area (TPSA) is 63.5 Å². The molecule has 1 aromatic carbocycles. The summed E-state index contributed by atoms with van der Waals surface area (Å²) in [6.07, 6.45) is 2.92. The molecule has 5 nitrogen and oxygen atoms in total. The molecule has 1 amide bonds. The van der Waals surface area contributed by atoms with E-state index in [-0.39, 0.29) is 17.2 Å². The van der Waals surface area contributed by atoms with Gasteiger partial charge in [-0.2, -0.15) is 0 Å². The van der Waals surface area contributed by atoms with Crippen LogP contribution in [-0.2, 0) is 0 Å². The first-order valence-corrected chi connectivity index (χ1v) is 6.99. The number of benzene rings is 1. The SMILES string of the molecule is CC(NC(=O)c1cnc2ccccn2c1=O)c1ccccc1. The van der Waals surface area contributed by atoms with Crippen LogP contribution in [0.25, 0.3) is 5.65 Å². The van der Waals surface area contributed by atoms with E-state index in [1.54, 1.807) is 24.4 Å². The Bertz CT molecular complexity index is 872. The van der Waals surface area contributed by atoms with Gasteiger partial charge in [-0.1, -0.05) is 36.4 Å². The van der Waals surface area contributed by atoms with Gasteiger partial charge in [-0.05, 0) is 24.6 Å². The number of aromatic nitrogens is 2. The highest BCUT2D eigenvalue weighted by atomic mass is 16.2. The van der Waals surface area contributed by atoms with Crippen LogP contribution in [0.5, 0.6) is 0 Å². The summed E-state index contributed by atoms with van der Waals surface area (Å²) in [7, 11) is 0. The summed E-state index contributed by atoms with van der Waals surface area (Å²) >= 11 is 0. The van der Waals surface area contributed by atoms with Crippen molar-refractivity contribution in [2.45, 2.75) is 13.0 Å². The molecule has 1 atom stereocenters. The second kappa shape index (κ2) is 5.81. The smallest absolute Gasteiger partial charge is 0.270 e. The standard InChI is InChI=1S/C17H15N3O2/c1-12(13-7-3-2-4-8-13)19-16(21)14-11-18-15-9-5-6-10-20(15)17(14)22/h2-12H,1H3,(H,19,21). The van der Waals surface area contributed by atoms with Gasteiger partial charge in [0.1, 0.15) is 11.2 Å². The third kappa shape index (κ3) is 2.61. The first-order chi connectivity index (χ1) is 10.7. The Morgan fingerprint density at radius 1 is 1.14 bits per heavy atom. The van der Waals surface area contributed by atoms with Crippen LogP contribution < -0.4 is 10.9 Å². The van der Waals surface area contributed by atoms with E-state index < -0.39 is 5.91 Å². The lowest BCUT2D eigenvalue weighted by molar-refractivity contribution is 0.0938. The first kappa shape index (κ1) is 14.0. The number of rotatable bonds is 3. The third-order valence-corrected chi connectivity index (χ3v) is 3.51. The first-order valence-electron chi connectivity index (χ1n) is 6.99. The normalized spacial score (nSPS) is 12.0. The molecule has 0 fully saturated rings. The maximum Gasteiger partial charge on any atom is 0.270 e. The number of nitrogens with one attached hydrogen (secondary N) is 1. The monoisotopic (exact) mass is 293 g/mol. The molecule has 110 valence electrons. The molecular formula is C17H15N3O2. The Kier molecular flexibility index (Phi) is 3.70. The zero-order valence-corrected chi connectivity index (χ0v) is 12.1. The van der Waals surface area contributed by atoms with Crippen LogP contribution in [0.2, 0.25) is 0 Å². The van der Waals surface area contributed by atoms with Gasteiger partial charge in [0.05, 0.1) is 6.04 Å². The number of carbonyl (C=O) groups is 1. The molecule has 0 radical (unpaired) electrons. The number of fused-ring (bicyclic) bond motifs is 1. The van der Waals surface area contributed by atoms with E-state index in [2.05, 4.69) is 10.3 Å². The van der Waals surface area contributed by atoms with Gasteiger partial charge < -0.3 is 5.32 Å². The van der Waals surface area contributed by atoms with Gasteiger partial charge in [0.2, 0.25) is 0 Å². The maximum atomic E-state index is 12.4. The number of pyridine rings is 1. The quantitative estimate of drug-likeness (QED) is 0.805. The van der Waals surface area contributed by atoms with E-state index in [1.807, 2.05) is 37.3 Å². The third-order valence-electron chi connectivity index (χ3n) is 3.51. The summed E-state index contributed by atoms with van der Waals surface area (Å²) in [5, 5.41) is 2.83. The lowest BCUT2D eigenvalue weighted by atomic mass is 10.1. The fraction of sp³-hybridized carbons (Fsp3) is 0.118. The fourth-order valence-corrected chi connectivity index (χ4v) is 2.28. The molecule has 0 aliphatic rings. The van der Waals surface area contributed by atoms with E-state index in [4.69, 9.17) is 0 Å². The van der Waals surface area contributed by atoms with Crippen molar-refractivity contribution >= 4 is 11.6 Å². The molecule has 0 aliphatic carbocycles. The van der Waals surface area contributed by atoms with Crippen LogP contribution in [0.4, 0.5) is 0 Å². The maximum absolute atomic E-state index is 12.4. The highest BCUT2D eigenvalue weighted by molar-refractivity contribution is 5.94. The van der Waals surface area contributed by atoms with Crippen molar-refractivity contribution in [2.75, 3.05) is 0 Å². The summed E-state index contributed by atoms with van der Waals surface area (Å²) in [6, 6.07) is 14.6. The number of hydrogen-bond acceptors (Lipinski definition) is 3. The number of hydrogen-bond donors (Lipinski definition) is 1. The minimum Gasteiger partial charge on any atom is -0.345 e. The molecule has 0 spiro atoms. The Labute approximate surface area is 127 Å². The average Bonchev–Trinajstić information content (AvgIpc) is 2.56. The van der Waals surface area contributed by atoms with Crippen molar-refractivity contribution in [3.63, 3.8) is 0 Å². The minimum absolute atomic E-state index is 0.0338. The molecule has 0 saturated carbocycles. The molecule has 0 bridgehead atoms. The van der Waals surface area contributed by atoms with E-state index in [9.17, 15) is 9.59 Å². The summed E-state index contributed by atoms with van der Waals surface area (Å²) < 4.78 is 1.36. The van der Waals surface area contributed by atoms with Gasteiger partial charge in [-0.15, -0.1) is 0 Å². The number of carbonyl (C=O) groups excluding carboxylic acids is 1. The van der Waals surface area contributed by atoms with Gasteiger partial charge in [0.25, 0.3) is 11.5 Å². The van der Waals surface area contributed by atoms with E-state index in [0.29, 0.717) is 5.65 Å². The summed E-state index contributed by atoms with van der Waals surface area (Å²) in [5.41, 5.74) is 1.15. The molecule has 3 aromatic rings. The van der Waals surface area contributed by atoms with Crippen LogP contribution >= 0.6 is 0 Å². The zero-order valence-electron chi connectivity index (χ0n) is 12.1. The molecule has 22 heavy (non-hydrogen) atoms. The Hall–Kier alpha value is -2.95. The van der Waals surface area contributed by atoms with Gasteiger partial charge in [0.15, 0.2) is 0 Å². The van der Waals surface area contributed by atoms with Gasteiger partial charge >= 0.3 is 0 Å². The van der Waals surface area contributed by atoms with Crippen LogP contribution in [0, 0.1) is 0 Å². The predicted molar refractivity (Wildman–Crippen MR) is 83.8 cm³/mol. The van der Waals surface area contributed by atoms with E-state index in [1.165, 1.54) is 10.6 Å². The highest BCUT2D eigenvalue weighted by Gasteiger charge is 2.16. The molecule has 1 N–H and O–H groups in total. The van der Waals surface area contributed by atoms with Crippen molar-refractivity contribution in [3.8, 4) is 0 Å². The fourth-order valence-electron chi connectivity index (χ4n) is 2.28. The van der Waals surface area contributed by atoms with Gasteiger partial charge in [-0.25, -0.2) is 4.98 Å². The Balaban J connectivity index is 1.90. The van der Waals surface area contributed by atoms with Crippen LogP contribution in [0.3, 0.4) is 0 Å².